The van der Waals surface area contributed by atoms with E-state index in [1.807, 2.05) is 13.8 Å². The molecule has 1 unspecified atom stereocenters. The van der Waals surface area contributed by atoms with Gasteiger partial charge < -0.3 is 4.74 Å². The normalized spacial score (nSPS) is 12.3. The lowest BCUT2D eigenvalue weighted by molar-refractivity contribution is -0.121. The van der Waals surface area contributed by atoms with E-state index in [1.165, 1.54) is 11.1 Å². The highest BCUT2D eigenvalue weighted by molar-refractivity contribution is 5.75. The standard InChI is InChI=1S/C15H24N2O2/c1-10(2)13-7-5-11(3)9-14(13)19-12(4)6-8-15(18)17-16/h5,7,9-10,12H,6,8,16H2,1-4H3,(H,17,18). The molecule has 0 aliphatic heterocycles. The Balaban J connectivity index is 2.69. The summed E-state index contributed by atoms with van der Waals surface area (Å²) >= 11 is 0. The lowest BCUT2D eigenvalue weighted by Gasteiger charge is -2.19. The smallest absolute Gasteiger partial charge is 0.234 e. The summed E-state index contributed by atoms with van der Waals surface area (Å²) in [6.45, 7) is 8.30. The Morgan fingerprint density at radius 3 is 2.63 bits per heavy atom. The largest absolute Gasteiger partial charge is 0.490 e. The second-order valence-corrected chi connectivity index (χ2v) is 5.23. The number of benzene rings is 1. The maximum absolute atomic E-state index is 11.1. The monoisotopic (exact) mass is 264 g/mol. The van der Waals surface area contributed by atoms with Gasteiger partial charge in [-0.2, -0.15) is 0 Å². The minimum Gasteiger partial charge on any atom is -0.490 e. The number of amides is 1. The van der Waals surface area contributed by atoms with E-state index in [9.17, 15) is 4.79 Å². The average molecular weight is 264 g/mol. The van der Waals surface area contributed by atoms with Crippen LogP contribution in [0.15, 0.2) is 18.2 Å². The average Bonchev–Trinajstić information content (AvgIpc) is 2.35. The van der Waals surface area contributed by atoms with Crippen LogP contribution in [-0.2, 0) is 4.79 Å². The quantitative estimate of drug-likeness (QED) is 0.471. The Labute approximate surface area is 115 Å². The zero-order valence-corrected chi connectivity index (χ0v) is 12.2. The first-order valence-electron chi connectivity index (χ1n) is 6.70. The molecule has 0 bridgehead atoms. The van der Waals surface area contributed by atoms with Crippen LogP contribution in [0.4, 0.5) is 0 Å². The molecule has 0 radical (unpaired) electrons. The minimum absolute atomic E-state index is 0.0170. The molecular weight excluding hydrogens is 240 g/mol. The molecule has 4 heteroatoms. The first kappa shape index (κ1) is 15.5. The van der Waals surface area contributed by atoms with Gasteiger partial charge in [0.15, 0.2) is 0 Å². The number of nitrogens with one attached hydrogen (secondary N) is 1. The second kappa shape index (κ2) is 7.14. The lowest BCUT2D eigenvalue weighted by Crippen LogP contribution is -2.30. The number of hydrogen-bond acceptors (Lipinski definition) is 3. The summed E-state index contributed by atoms with van der Waals surface area (Å²) in [6.07, 6.45) is 1.01. The highest BCUT2D eigenvalue weighted by Crippen LogP contribution is 2.28. The van der Waals surface area contributed by atoms with Crippen LogP contribution in [0.3, 0.4) is 0 Å². The number of rotatable bonds is 6. The Morgan fingerprint density at radius 2 is 2.05 bits per heavy atom. The molecule has 1 aromatic carbocycles. The zero-order chi connectivity index (χ0) is 14.4. The fraction of sp³-hybridized carbons (Fsp3) is 0.533. The van der Waals surface area contributed by atoms with Gasteiger partial charge in [-0.15, -0.1) is 0 Å². The molecule has 4 nitrogen and oxygen atoms in total. The fourth-order valence-electron chi connectivity index (χ4n) is 1.90. The maximum atomic E-state index is 11.1. The van der Waals surface area contributed by atoms with Gasteiger partial charge in [-0.05, 0) is 43.4 Å². The number of hydrogen-bond donors (Lipinski definition) is 2. The molecule has 3 N–H and O–H groups in total. The van der Waals surface area contributed by atoms with Gasteiger partial charge in [-0.3, -0.25) is 10.2 Å². The van der Waals surface area contributed by atoms with Gasteiger partial charge in [0.2, 0.25) is 5.91 Å². The van der Waals surface area contributed by atoms with E-state index in [-0.39, 0.29) is 12.0 Å². The van der Waals surface area contributed by atoms with E-state index >= 15 is 0 Å². The highest BCUT2D eigenvalue weighted by atomic mass is 16.5. The topological polar surface area (TPSA) is 64.3 Å². The van der Waals surface area contributed by atoms with Gasteiger partial charge in [0.25, 0.3) is 0 Å². The van der Waals surface area contributed by atoms with Crippen LogP contribution in [-0.4, -0.2) is 12.0 Å². The second-order valence-electron chi connectivity index (χ2n) is 5.23. The molecule has 1 rings (SSSR count). The maximum Gasteiger partial charge on any atom is 0.234 e. The van der Waals surface area contributed by atoms with Crippen molar-refractivity contribution >= 4 is 5.91 Å². The van der Waals surface area contributed by atoms with Crippen molar-refractivity contribution in [2.75, 3.05) is 0 Å². The van der Waals surface area contributed by atoms with Crippen molar-refractivity contribution in [3.05, 3.63) is 29.3 Å². The molecule has 106 valence electrons. The minimum atomic E-state index is -0.163. The van der Waals surface area contributed by atoms with E-state index in [1.54, 1.807) is 0 Å². The molecule has 0 aromatic heterocycles. The van der Waals surface area contributed by atoms with Crippen molar-refractivity contribution in [1.82, 2.24) is 5.43 Å². The third-order valence-electron chi connectivity index (χ3n) is 3.06. The van der Waals surface area contributed by atoms with Crippen molar-refractivity contribution in [3.63, 3.8) is 0 Å². The number of carbonyl (C=O) groups excluding carboxylic acids is 1. The first-order valence-corrected chi connectivity index (χ1v) is 6.70. The van der Waals surface area contributed by atoms with Crippen LogP contribution in [0.2, 0.25) is 0 Å². The number of hydrazine groups is 1. The van der Waals surface area contributed by atoms with Crippen molar-refractivity contribution in [2.24, 2.45) is 5.84 Å². The molecule has 0 aliphatic rings. The van der Waals surface area contributed by atoms with Crippen molar-refractivity contribution < 1.29 is 9.53 Å². The summed E-state index contributed by atoms with van der Waals surface area (Å²) in [6, 6.07) is 6.25. The van der Waals surface area contributed by atoms with Gasteiger partial charge in [-0.25, -0.2) is 5.84 Å². The van der Waals surface area contributed by atoms with Crippen LogP contribution in [0.25, 0.3) is 0 Å². The van der Waals surface area contributed by atoms with Gasteiger partial charge in [-0.1, -0.05) is 26.0 Å². The molecule has 19 heavy (non-hydrogen) atoms. The predicted octanol–water partition coefficient (Wildman–Crippen LogP) is 2.66. The Kier molecular flexibility index (Phi) is 5.83. The number of nitrogens with two attached hydrogens (primary N) is 1. The molecule has 0 saturated carbocycles. The Morgan fingerprint density at radius 1 is 1.37 bits per heavy atom. The van der Waals surface area contributed by atoms with Crippen LogP contribution in [0, 0.1) is 6.92 Å². The van der Waals surface area contributed by atoms with E-state index < -0.39 is 0 Å². The molecule has 0 spiro atoms. The Hall–Kier alpha value is -1.55. The Bertz CT molecular complexity index is 430. The molecule has 0 aliphatic carbocycles. The van der Waals surface area contributed by atoms with Gasteiger partial charge in [0.05, 0.1) is 6.10 Å². The molecule has 1 aromatic rings. The van der Waals surface area contributed by atoms with Crippen LogP contribution in [0.1, 0.15) is 50.7 Å². The van der Waals surface area contributed by atoms with Gasteiger partial charge in [0, 0.05) is 6.42 Å². The summed E-state index contributed by atoms with van der Waals surface area (Å²) in [5.41, 5.74) is 4.50. The van der Waals surface area contributed by atoms with E-state index in [2.05, 4.69) is 37.5 Å². The molecular formula is C15H24N2O2. The van der Waals surface area contributed by atoms with Crippen LogP contribution >= 0.6 is 0 Å². The summed E-state index contributed by atoms with van der Waals surface area (Å²) in [5, 5.41) is 0. The molecule has 0 fully saturated rings. The predicted molar refractivity (Wildman–Crippen MR) is 76.9 cm³/mol. The van der Waals surface area contributed by atoms with Crippen LogP contribution < -0.4 is 16.0 Å². The number of ether oxygens (including phenoxy) is 1. The molecule has 0 saturated heterocycles. The summed E-state index contributed by atoms with van der Waals surface area (Å²) < 4.78 is 5.96. The fourth-order valence-corrected chi connectivity index (χ4v) is 1.90. The first-order chi connectivity index (χ1) is 8.93. The molecule has 0 heterocycles. The van der Waals surface area contributed by atoms with Gasteiger partial charge in [0.1, 0.15) is 5.75 Å². The SMILES string of the molecule is Cc1ccc(C(C)C)c(OC(C)CCC(=O)NN)c1. The van der Waals surface area contributed by atoms with E-state index in [4.69, 9.17) is 10.6 Å². The van der Waals surface area contributed by atoms with Crippen molar-refractivity contribution in [3.8, 4) is 5.75 Å². The highest BCUT2D eigenvalue weighted by Gasteiger charge is 2.12. The third kappa shape index (κ3) is 4.91. The summed E-state index contributed by atoms with van der Waals surface area (Å²) in [4.78, 5) is 11.1. The van der Waals surface area contributed by atoms with Crippen molar-refractivity contribution in [2.45, 2.75) is 52.6 Å². The zero-order valence-electron chi connectivity index (χ0n) is 12.2. The molecule has 1 amide bonds. The molecule has 1 atom stereocenters. The van der Waals surface area contributed by atoms with E-state index in [0.29, 0.717) is 18.8 Å². The summed E-state index contributed by atoms with van der Waals surface area (Å²) in [5.74, 6) is 6.22. The summed E-state index contributed by atoms with van der Waals surface area (Å²) in [7, 11) is 0. The van der Waals surface area contributed by atoms with Gasteiger partial charge >= 0.3 is 0 Å². The van der Waals surface area contributed by atoms with Crippen LogP contribution in [0.5, 0.6) is 5.75 Å². The lowest BCUT2D eigenvalue weighted by atomic mass is 10.0. The van der Waals surface area contributed by atoms with E-state index in [0.717, 1.165) is 5.75 Å². The third-order valence-corrected chi connectivity index (χ3v) is 3.06. The number of aryl methyl sites for hydroxylation is 1. The number of carbonyl (C=O) groups is 1. The van der Waals surface area contributed by atoms with Crippen molar-refractivity contribution in [1.29, 1.82) is 0 Å².